The van der Waals surface area contributed by atoms with Crippen LogP contribution in [0.2, 0.25) is 18.1 Å². The van der Waals surface area contributed by atoms with E-state index in [2.05, 4.69) is 79.3 Å². The molecule has 0 saturated heterocycles. The zero-order chi connectivity index (χ0) is 36.8. The van der Waals surface area contributed by atoms with Crippen molar-refractivity contribution in [2.24, 2.45) is 0 Å². The molecule has 0 aromatic heterocycles. The van der Waals surface area contributed by atoms with Gasteiger partial charge in [0.1, 0.15) is 24.7 Å². The highest BCUT2D eigenvalue weighted by atomic mass is 32.2. The molecule has 2 atom stereocenters. The predicted octanol–water partition coefficient (Wildman–Crippen LogP) is 9.85. The molecule has 0 fully saturated rings. The van der Waals surface area contributed by atoms with Crippen LogP contribution in [0.4, 0.5) is 5.69 Å². The van der Waals surface area contributed by atoms with Crippen molar-refractivity contribution in [3.05, 3.63) is 161 Å². The molecule has 0 aliphatic carbocycles. The van der Waals surface area contributed by atoms with E-state index in [1.165, 1.54) is 5.56 Å². The van der Waals surface area contributed by atoms with Crippen LogP contribution in [0.5, 0.6) is 11.5 Å². The Bertz CT molecular complexity index is 1900. The normalized spacial score (nSPS) is 12.9. The van der Waals surface area contributed by atoms with Crippen LogP contribution in [0.25, 0.3) is 0 Å². The molecule has 0 radical (unpaired) electrons. The molecule has 5 rings (SSSR count). The van der Waals surface area contributed by atoms with Crippen LogP contribution in [-0.4, -0.2) is 29.5 Å². The van der Waals surface area contributed by atoms with Crippen LogP contribution in [0.15, 0.2) is 133 Å². The van der Waals surface area contributed by atoms with Gasteiger partial charge in [-0.25, -0.2) is 8.42 Å². The van der Waals surface area contributed by atoms with E-state index in [0.29, 0.717) is 31.2 Å². The van der Waals surface area contributed by atoms with Gasteiger partial charge in [-0.15, -0.1) is 0 Å². The van der Waals surface area contributed by atoms with Crippen molar-refractivity contribution < 1.29 is 22.3 Å². The van der Waals surface area contributed by atoms with Crippen molar-refractivity contribution >= 4 is 24.0 Å². The first-order valence-electron chi connectivity index (χ1n) is 18.2. The second-order valence-electron chi connectivity index (χ2n) is 13.2. The number of benzene rings is 5. The standard InChI is InChI=1S/C43H52N2O5SSi/c1-5-52(6-2,7-3)50-43(38-25-28-42(41(30-38)45-51(4,46)47)49-33-36-21-15-10-16-22-36)31-44-40(29-34-17-11-8-12-18-34)37-23-26-39(27-24-37)48-32-35-19-13-9-14-20-35/h8-28,30,40,43-45H,5-7,29,31-33H2,1-4H3/t40?,43-/m0/s1. The second-order valence-corrected chi connectivity index (χ2v) is 19.7. The topological polar surface area (TPSA) is 85.9 Å². The number of anilines is 1. The van der Waals surface area contributed by atoms with Gasteiger partial charge in [0, 0.05) is 12.6 Å². The first kappa shape index (κ1) is 38.8. The molecule has 7 nitrogen and oxygen atoms in total. The van der Waals surface area contributed by atoms with Crippen molar-refractivity contribution in [1.29, 1.82) is 0 Å². The minimum absolute atomic E-state index is 0.0142. The molecule has 274 valence electrons. The maximum Gasteiger partial charge on any atom is 0.229 e. The zero-order valence-corrected chi connectivity index (χ0v) is 32.6. The highest BCUT2D eigenvalue weighted by Crippen LogP contribution is 2.35. The third-order valence-corrected chi connectivity index (χ3v) is 14.8. The summed E-state index contributed by atoms with van der Waals surface area (Å²) >= 11 is 0. The van der Waals surface area contributed by atoms with Gasteiger partial charge in [0.2, 0.25) is 10.0 Å². The average Bonchev–Trinajstić information content (AvgIpc) is 3.17. The van der Waals surface area contributed by atoms with Gasteiger partial charge in [-0.05, 0) is 76.6 Å². The van der Waals surface area contributed by atoms with Crippen molar-refractivity contribution in [1.82, 2.24) is 5.32 Å². The lowest BCUT2D eigenvalue weighted by Gasteiger charge is -2.35. The van der Waals surface area contributed by atoms with E-state index < -0.39 is 18.3 Å². The van der Waals surface area contributed by atoms with E-state index in [9.17, 15) is 8.42 Å². The summed E-state index contributed by atoms with van der Waals surface area (Å²) in [6.45, 7) is 8.02. The van der Waals surface area contributed by atoms with E-state index in [0.717, 1.165) is 58.8 Å². The Labute approximate surface area is 311 Å². The molecule has 52 heavy (non-hydrogen) atoms. The van der Waals surface area contributed by atoms with Gasteiger partial charge >= 0.3 is 0 Å². The molecule has 0 saturated carbocycles. The molecule has 5 aromatic rings. The van der Waals surface area contributed by atoms with Crippen molar-refractivity contribution in [2.75, 3.05) is 17.5 Å². The van der Waals surface area contributed by atoms with Crippen LogP contribution < -0.4 is 19.5 Å². The lowest BCUT2D eigenvalue weighted by atomic mass is 9.98. The van der Waals surface area contributed by atoms with Crippen LogP contribution >= 0.6 is 0 Å². The van der Waals surface area contributed by atoms with Gasteiger partial charge in [-0.3, -0.25) is 4.72 Å². The van der Waals surface area contributed by atoms with Crippen LogP contribution in [0, 0.1) is 0 Å². The molecular formula is C43H52N2O5SSi. The summed E-state index contributed by atoms with van der Waals surface area (Å²) < 4.78 is 47.2. The fourth-order valence-electron chi connectivity index (χ4n) is 6.36. The highest BCUT2D eigenvalue weighted by molar-refractivity contribution is 7.92. The first-order chi connectivity index (χ1) is 25.2. The molecule has 0 heterocycles. The Balaban J connectivity index is 1.43. The van der Waals surface area contributed by atoms with Gasteiger partial charge in [0.05, 0.1) is 18.0 Å². The van der Waals surface area contributed by atoms with Crippen LogP contribution in [-0.2, 0) is 34.1 Å². The predicted molar refractivity (Wildman–Crippen MR) is 215 cm³/mol. The van der Waals surface area contributed by atoms with Crippen molar-refractivity contribution in [2.45, 2.75) is 70.7 Å². The summed E-state index contributed by atoms with van der Waals surface area (Å²) in [5.74, 6) is 1.28. The van der Waals surface area contributed by atoms with Crippen LogP contribution in [0.3, 0.4) is 0 Å². The first-order valence-corrected chi connectivity index (χ1v) is 22.6. The average molecular weight is 737 g/mol. The Morgan fingerprint density at radius 2 is 1.15 bits per heavy atom. The molecule has 1 unspecified atom stereocenters. The minimum atomic E-state index is -3.58. The molecule has 2 N–H and O–H groups in total. The summed E-state index contributed by atoms with van der Waals surface area (Å²) in [5.41, 5.74) is 5.77. The maximum absolute atomic E-state index is 12.5. The third-order valence-electron chi connectivity index (χ3n) is 9.60. The number of ether oxygens (including phenoxy) is 2. The summed E-state index contributed by atoms with van der Waals surface area (Å²) in [6.07, 6.45) is 1.62. The Hall–Kier alpha value is -4.41. The maximum atomic E-state index is 12.5. The second kappa shape index (κ2) is 18.9. The fraction of sp³-hybridized carbons (Fsp3) is 0.302. The fourth-order valence-corrected chi connectivity index (χ4v) is 9.74. The SMILES string of the molecule is CC[Si](CC)(CC)O[C@@H](CNC(Cc1ccccc1)c1ccc(OCc2ccccc2)cc1)c1ccc(OCc2ccccc2)c(NS(C)(=O)=O)c1. The number of rotatable bonds is 20. The molecular weight excluding hydrogens is 685 g/mol. The van der Waals surface area contributed by atoms with Gasteiger partial charge in [-0.2, -0.15) is 0 Å². The van der Waals surface area contributed by atoms with E-state index in [-0.39, 0.29) is 12.1 Å². The van der Waals surface area contributed by atoms with Gasteiger partial charge in [0.15, 0.2) is 8.32 Å². The molecule has 0 spiro atoms. The molecule has 0 aliphatic heterocycles. The molecule has 0 aliphatic rings. The monoisotopic (exact) mass is 736 g/mol. The number of sulfonamides is 1. The summed E-state index contributed by atoms with van der Waals surface area (Å²) in [5, 5.41) is 3.87. The van der Waals surface area contributed by atoms with Crippen molar-refractivity contribution in [3.63, 3.8) is 0 Å². The van der Waals surface area contributed by atoms with Crippen molar-refractivity contribution in [3.8, 4) is 11.5 Å². The number of hydrogen-bond donors (Lipinski definition) is 2. The van der Waals surface area contributed by atoms with E-state index >= 15 is 0 Å². The Morgan fingerprint density at radius 1 is 0.635 bits per heavy atom. The number of hydrogen-bond acceptors (Lipinski definition) is 6. The molecule has 0 amide bonds. The zero-order valence-electron chi connectivity index (χ0n) is 30.8. The highest BCUT2D eigenvalue weighted by Gasteiger charge is 2.33. The third kappa shape index (κ3) is 11.5. The van der Waals surface area contributed by atoms with Gasteiger partial charge < -0.3 is 19.2 Å². The smallest absolute Gasteiger partial charge is 0.229 e. The summed E-state index contributed by atoms with van der Waals surface area (Å²) in [6, 6.07) is 47.5. The minimum Gasteiger partial charge on any atom is -0.489 e. The van der Waals surface area contributed by atoms with Gasteiger partial charge in [-0.1, -0.05) is 130 Å². The quantitative estimate of drug-likeness (QED) is 0.0774. The van der Waals surface area contributed by atoms with Crippen LogP contribution in [0.1, 0.15) is 60.7 Å². The Kier molecular flexibility index (Phi) is 14.1. The van der Waals surface area contributed by atoms with Gasteiger partial charge in [0.25, 0.3) is 0 Å². The summed E-state index contributed by atoms with van der Waals surface area (Å²) in [7, 11) is -5.68. The molecule has 9 heteroatoms. The van der Waals surface area contributed by atoms with E-state index in [1.807, 2.05) is 84.9 Å². The van der Waals surface area contributed by atoms with E-state index in [4.69, 9.17) is 13.9 Å². The molecule has 5 aromatic carbocycles. The number of nitrogens with one attached hydrogen (secondary N) is 2. The Morgan fingerprint density at radius 3 is 1.69 bits per heavy atom. The summed E-state index contributed by atoms with van der Waals surface area (Å²) in [4.78, 5) is 0. The largest absolute Gasteiger partial charge is 0.489 e. The van der Waals surface area contributed by atoms with E-state index in [1.54, 1.807) is 0 Å². The lowest BCUT2D eigenvalue weighted by molar-refractivity contribution is 0.181. The lowest BCUT2D eigenvalue weighted by Crippen LogP contribution is -2.40. The molecule has 0 bridgehead atoms.